The van der Waals surface area contributed by atoms with Crippen molar-refractivity contribution in [2.75, 3.05) is 17.2 Å². The van der Waals surface area contributed by atoms with Crippen LogP contribution in [0.5, 0.6) is 0 Å². The molecule has 0 bridgehead atoms. The monoisotopic (exact) mass is 401 g/mol. The van der Waals surface area contributed by atoms with Crippen LogP contribution in [0.4, 0.5) is 11.4 Å². The number of carbonyl (C=O) groups excluding carboxylic acids is 2. The maximum atomic E-state index is 12.5. The molecule has 0 aliphatic carbocycles. The van der Waals surface area contributed by atoms with Gasteiger partial charge in [-0.25, -0.2) is 0 Å². The van der Waals surface area contributed by atoms with Gasteiger partial charge >= 0.3 is 0 Å². The Morgan fingerprint density at radius 2 is 1.50 bits per heavy atom. The zero-order chi connectivity index (χ0) is 21.5. The smallest absolute Gasteiger partial charge is 0.251 e. The minimum Gasteiger partial charge on any atom is -0.376 e. The van der Waals surface area contributed by atoms with E-state index in [1.54, 1.807) is 24.3 Å². The molecule has 154 valence electrons. The molecule has 0 heterocycles. The Balaban J connectivity index is 1.50. The topological polar surface area (TPSA) is 70.2 Å². The summed E-state index contributed by atoms with van der Waals surface area (Å²) < 4.78 is 0. The normalized spacial score (nSPS) is 11.4. The van der Waals surface area contributed by atoms with Crippen LogP contribution in [0.1, 0.15) is 40.0 Å². The summed E-state index contributed by atoms with van der Waals surface area (Å²) in [5.74, 6) is -0.262. The third-order valence-electron chi connectivity index (χ3n) is 5.04. The second-order valence-electron chi connectivity index (χ2n) is 7.38. The van der Waals surface area contributed by atoms with Gasteiger partial charge in [0.1, 0.15) is 0 Å². The fraction of sp³-hybridized carbons (Fsp3) is 0.200. The summed E-state index contributed by atoms with van der Waals surface area (Å²) in [4.78, 5) is 24.6. The summed E-state index contributed by atoms with van der Waals surface area (Å²) in [7, 11) is 0. The molecule has 3 aromatic carbocycles. The first kappa shape index (κ1) is 21.1. The van der Waals surface area contributed by atoms with E-state index in [2.05, 4.69) is 16.0 Å². The van der Waals surface area contributed by atoms with Gasteiger partial charge in [-0.05, 0) is 73.9 Å². The molecule has 0 fully saturated rings. The van der Waals surface area contributed by atoms with Crippen molar-refractivity contribution in [1.29, 1.82) is 0 Å². The number of hydrogen-bond donors (Lipinski definition) is 3. The molecule has 0 spiro atoms. The van der Waals surface area contributed by atoms with Crippen LogP contribution in [-0.2, 0) is 4.79 Å². The Morgan fingerprint density at radius 3 is 2.17 bits per heavy atom. The fourth-order valence-electron chi connectivity index (χ4n) is 3.05. The standard InChI is InChI=1S/C25H27N3O2/c1-17-9-12-23(15-18(17)2)28-24(29)16-26-22-13-10-21(11-14-22)25(30)27-19(3)20-7-5-4-6-8-20/h4-15,19,26H,16H2,1-3H3,(H,27,30)(H,28,29). The lowest BCUT2D eigenvalue weighted by atomic mass is 10.1. The number of nitrogens with one attached hydrogen (secondary N) is 3. The lowest BCUT2D eigenvalue weighted by Gasteiger charge is -2.14. The van der Waals surface area contributed by atoms with E-state index in [1.807, 2.05) is 69.3 Å². The molecule has 30 heavy (non-hydrogen) atoms. The average molecular weight is 402 g/mol. The van der Waals surface area contributed by atoms with Gasteiger partial charge in [-0.1, -0.05) is 36.4 Å². The summed E-state index contributed by atoms with van der Waals surface area (Å²) >= 11 is 0. The molecule has 3 N–H and O–H groups in total. The first-order valence-corrected chi connectivity index (χ1v) is 9.99. The third kappa shape index (κ3) is 5.70. The minimum atomic E-state index is -0.134. The second-order valence-corrected chi connectivity index (χ2v) is 7.38. The Labute approximate surface area is 177 Å². The quantitative estimate of drug-likeness (QED) is 0.530. The van der Waals surface area contributed by atoms with Crippen molar-refractivity contribution in [3.8, 4) is 0 Å². The van der Waals surface area contributed by atoms with Crippen molar-refractivity contribution in [3.05, 3.63) is 95.1 Å². The summed E-state index contributed by atoms with van der Waals surface area (Å²) in [6.07, 6.45) is 0. The van der Waals surface area contributed by atoms with E-state index in [9.17, 15) is 9.59 Å². The maximum absolute atomic E-state index is 12.5. The second kappa shape index (κ2) is 9.74. The molecule has 0 saturated heterocycles. The molecule has 0 radical (unpaired) electrons. The highest BCUT2D eigenvalue weighted by atomic mass is 16.2. The predicted molar refractivity (Wildman–Crippen MR) is 122 cm³/mol. The largest absolute Gasteiger partial charge is 0.376 e. The zero-order valence-corrected chi connectivity index (χ0v) is 17.5. The first-order valence-electron chi connectivity index (χ1n) is 9.99. The van der Waals surface area contributed by atoms with Crippen LogP contribution in [0.3, 0.4) is 0 Å². The number of hydrogen-bond acceptors (Lipinski definition) is 3. The van der Waals surface area contributed by atoms with Gasteiger partial charge < -0.3 is 16.0 Å². The highest BCUT2D eigenvalue weighted by molar-refractivity contribution is 5.95. The molecule has 2 amide bonds. The molecule has 0 aliphatic heterocycles. The Bertz CT molecular complexity index is 1010. The van der Waals surface area contributed by atoms with Crippen LogP contribution in [-0.4, -0.2) is 18.4 Å². The lowest BCUT2D eigenvalue weighted by Crippen LogP contribution is -2.26. The van der Waals surface area contributed by atoms with Gasteiger partial charge in [0.15, 0.2) is 0 Å². The van der Waals surface area contributed by atoms with Gasteiger partial charge in [-0.15, -0.1) is 0 Å². The Morgan fingerprint density at radius 1 is 0.833 bits per heavy atom. The van der Waals surface area contributed by atoms with Gasteiger partial charge in [-0.3, -0.25) is 9.59 Å². The van der Waals surface area contributed by atoms with Crippen LogP contribution in [0.15, 0.2) is 72.8 Å². The maximum Gasteiger partial charge on any atom is 0.251 e. The average Bonchev–Trinajstić information content (AvgIpc) is 2.76. The number of rotatable bonds is 7. The molecule has 1 atom stereocenters. The van der Waals surface area contributed by atoms with Crippen molar-refractivity contribution in [2.45, 2.75) is 26.8 Å². The first-order chi connectivity index (χ1) is 14.4. The number of carbonyl (C=O) groups is 2. The van der Waals surface area contributed by atoms with Crippen molar-refractivity contribution in [3.63, 3.8) is 0 Å². The van der Waals surface area contributed by atoms with Crippen LogP contribution >= 0.6 is 0 Å². The van der Waals surface area contributed by atoms with E-state index >= 15 is 0 Å². The van der Waals surface area contributed by atoms with Gasteiger partial charge in [0.25, 0.3) is 5.91 Å². The van der Waals surface area contributed by atoms with Crippen LogP contribution < -0.4 is 16.0 Å². The van der Waals surface area contributed by atoms with Gasteiger partial charge in [0, 0.05) is 16.9 Å². The molecule has 5 heteroatoms. The highest BCUT2D eigenvalue weighted by Crippen LogP contribution is 2.15. The van der Waals surface area contributed by atoms with E-state index in [-0.39, 0.29) is 24.4 Å². The number of aryl methyl sites for hydroxylation is 2. The molecule has 0 aliphatic rings. The molecule has 0 saturated carbocycles. The lowest BCUT2D eigenvalue weighted by molar-refractivity contribution is -0.114. The molecular formula is C25H27N3O2. The number of benzene rings is 3. The molecule has 0 aromatic heterocycles. The fourth-order valence-corrected chi connectivity index (χ4v) is 3.05. The summed E-state index contributed by atoms with van der Waals surface area (Å²) in [6.45, 7) is 6.15. The van der Waals surface area contributed by atoms with E-state index in [0.29, 0.717) is 5.56 Å². The Hall–Kier alpha value is -3.60. The predicted octanol–water partition coefficient (Wildman–Crippen LogP) is 4.85. The molecule has 1 unspecified atom stereocenters. The van der Waals surface area contributed by atoms with Crippen molar-refractivity contribution in [2.24, 2.45) is 0 Å². The highest BCUT2D eigenvalue weighted by Gasteiger charge is 2.11. The van der Waals surface area contributed by atoms with E-state index in [4.69, 9.17) is 0 Å². The van der Waals surface area contributed by atoms with Crippen molar-refractivity contribution < 1.29 is 9.59 Å². The molecule has 3 rings (SSSR count). The van der Waals surface area contributed by atoms with Gasteiger partial charge in [0.05, 0.1) is 12.6 Å². The third-order valence-corrected chi connectivity index (χ3v) is 5.04. The summed E-state index contributed by atoms with van der Waals surface area (Å²) in [5.41, 5.74) is 5.51. The van der Waals surface area contributed by atoms with E-state index in [0.717, 1.165) is 22.5 Å². The van der Waals surface area contributed by atoms with Gasteiger partial charge in [-0.2, -0.15) is 0 Å². The SMILES string of the molecule is Cc1ccc(NC(=O)CNc2ccc(C(=O)NC(C)c3ccccc3)cc2)cc1C. The van der Waals surface area contributed by atoms with E-state index in [1.165, 1.54) is 5.56 Å². The molecule has 3 aromatic rings. The van der Waals surface area contributed by atoms with Crippen LogP contribution in [0.25, 0.3) is 0 Å². The van der Waals surface area contributed by atoms with E-state index < -0.39 is 0 Å². The number of amides is 2. The zero-order valence-electron chi connectivity index (χ0n) is 17.5. The minimum absolute atomic E-state index is 0.0781. The van der Waals surface area contributed by atoms with Crippen molar-refractivity contribution >= 4 is 23.2 Å². The summed E-state index contributed by atoms with van der Waals surface area (Å²) in [5, 5.41) is 8.96. The van der Waals surface area contributed by atoms with Gasteiger partial charge in [0.2, 0.25) is 5.91 Å². The van der Waals surface area contributed by atoms with Crippen LogP contribution in [0.2, 0.25) is 0 Å². The molecule has 5 nitrogen and oxygen atoms in total. The Kier molecular flexibility index (Phi) is 6.86. The number of anilines is 2. The molecular weight excluding hydrogens is 374 g/mol. The summed E-state index contributed by atoms with van der Waals surface area (Å²) in [6, 6.07) is 22.7. The van der Waals surface area contributed by atoms with Crippen LogP contribution in [0, 0.1) is 13.8 Å². The van der Waals surface area contributed by atoms with Crippen molar-refractivity contribution in [1.82, 2.24) is 5.32 Å².